The summed E-state index contributed by atoms with van der Waals surface area (Å²) in [5.41, 5.74) is 3.32. The van der Waals surface area contributed by atoms with Gasteiger partial charge in [-0.25, -0.2) is 0 Å². The largest absolute Gasteiger partial charge is 0.494 e. The fraction of sp³-hybridized carbons (Fsp3) is 0.333. The predicted molar refractivity (Wildman–Crippen MR) is 123 cm³/mol. The fourth-order valence-corrected chi connectivity index (χ4v) is 5.36. The number of piperidine rings is 1. The molecule has 0 aliphatic carbocycles. The van der Waals surface area contributed by atoms with Crippen LogP contribution in [0.5, 0.6) is 5.75 Å². The minimum absolute atomic E-state index is 0.170. The molecule has 0 saturated carbocycles. The lowest BCUT2D eigenvalue weighted by atomic mass is 9.82. The van der Waals surface area contributed by atoms with Crippen molar-refractivity contribution in [3.63, 3.8) is 0 Å². The zero-order valence-corrected chi connectivity index (χ0v) is 18.4. The van der Waals surface area contributed by atoms with Crippen molar-refractivity contribution < 1.29 is 9.53 Å². The number of carbonyl (C=O) groups excluding carboxylic acids is 1. The van der Waals surface area contributed by atoms with E-state index in [1.807, 2.05) is 30.0 Å². The summed E-state index contributed by atoms with van der Waals surface area (Å²) < 4.78 is 8.00. The highest BCUT2D eigenvalue weighted by Gasteiger charge is 2.42. The molecule has 1 aromatic carbocycles. The molecule has 2 aliphatic rings. The lowest BCUT2D eigenvalue weighted by Gasteiger charge is -2.46. The van der Waals surface area contributed by atoms with Crippen molar-refractivity contribution in [1.82, 2.24) is 14.5 Å². The van der Waals surface area contributed by atoms with Crippen molar-refractivity contribution in [3.8, 4) is 11.4 Å². The van der Waals surface area contributed by atoms with Gasteiger partial charge in [0.1, 0.15) is 5.75 Å². The Balaban J connectivity index is 1.31. The van der Waals surface area contributed by atoms with Crippen LogP contribution in [0.25, 0.3) is 5.69 Å². The van der Waals surface area contributed by atoms with Gasteiger partial charge < -0.3 is 19.5 Å². The van der Waals surface area contributed by atoms with Gasteiger partial charge in [0.05, 0.1) is 29.3 Å². The maximum atomic E-state index is 12.8. The molecular weight excluding hydrogens is 408 g/mol. The van der Waals surface area contributed by atoms with Crippen molar-refractivity contribution in [3.05, 3.63) is 66.7 Å². The van der Waals surface area contributed by atoms with Gasteiger partial charge in [-0.05, 0) is 56.2 Å². The summed E-state index contributed by atoms with van der Waals surface area (Å²) in [6, 6.07) is 14.4. The molecule has 5 rings (SSSR count). The van der Waals surface area contributed by atoms with E-state index in [0.717, 1.165) is 48.0 Å². The molecule has 0 bridgehead atoms. The van der Waals surface area contributed by atoms with Gasteiger partial charge in [0.2, 0.25) is 5.91 Å². The van der Waals surface area contributed by atoms with E-state index in [0.29, 0.717) is 12.4 Å². The second-order valence-corrected chi connectivity index (χ2v) is 8.98. The first-order valence-electron chi connectivity index (χ1n) is 10.7. The molecule has 4 heterocycles. The summed E-state index contributed by atoms with van der Waals surface area (Å²) in [5, 5.41) is 3.82. The molecule has 160 valence electrons. The smallest absolute Gasteiger partial charge is 0.232 e. The summed E-state index contributed by atoms with van der Waals surface area (Å²) in [7, 11) is 0. The lowest BCUT2D eigenvalue weighted by Crippen LogP contribution is -2.51. The number of nitrogens with one attached hydrogen (secondary N) is 1. The molecule has 1 N–H and O–H groups in total. The molecule has 0 radical (unpaired) electrons. The third kappa shape index (κ3) is 3.78. The molecular formula is C24H26N4O2S. The zero-order chi connectivity index (χ0) is 21.3. The average Bonchev–Trinajstić information content (AvgIpc) is 3.30. The third-order valence-corrected chi connectivity index (χ3v) is 7.13. The number of benzene rings is 1. The molecule has 0 atom stereocenters. The second-order valence-electron chi connectivity index (χ2n) is 7.93. The molecule has 2 aromatic heterocycles. The number of carbonyl (C=O) groups is 1. The summed E-state index contributed by atoms with van der Waals surface area (Å²) >= 11 is 1.57. The quantitative estimate of drug-likeness (QED) is 0.607. The lowest BCUT2D eigenvalue weighted by molar-refractivity contribution is -0.129. The Labute approximate surface area is 186 Å². The highest BCUT2D eigenvalue weighted by Crippen LogP contribution is 2.44. The van der Waals surface area contributed by atoms with Crippen molar-refractivity contribution in [2.45, 2.75) is 30.2 Å². The number of thioether (sulfide) groups is 1. The number of hydrogen-bond donors (Lipinski definition) is 1. The highest BCUT2D eigenvalue weighted by atomic mass is 32.2. The van der Waals surface area contributed by atoms with Crippen LogP contribution in [0.1, 0.15) is 25.5 Å². The standard InChI is InChI=1S/C24H26N4O2S/c1-2-30-18-5-6-21-20(16-18)26-24(22-4-3-13-28(21)22)9-14-27(15-10-24)23(29)17-31-19-7-11-25-12-8-19/h3-8,11-13,16,26H,2,9-10,14-15,17H2,1H3. The summed E-state index contributed by atoms with van der Waals surface area (Å²) in [6.07, 6.45) is 7.40. The van der Waals surface area contributed by atoms with E-state index < -0.39 is 0 Å². The van der Waals surface area contributed by atoms with Crippen LogP contribution in [-0.2, 0) is 10.3 Å². The summed E-state index contributed by atoms with van der Waals surface area (Å²) in [6.45, 7) is 4.13. The number of pyridine rings is 1. The third-order valence-electron chi connectivity index (χ3n) is 6.13. The number of amides is 1. The van der Waals surface area contributed by atoms with E-state index in [9.17, 15) is 4.79 Å². The number of hydrogen-bond acceptors (Lipinski definition) is 5. The number of ether oxygens (including phenoxy) is 1. The highest BCUT2D eigenvalue weighted by molar-refractivity contribution is 8.00. The van der Waals surface area contributed by atoms with Crippen molar-refractivity contribution in [1.29, 1.82) is 0 Å². The number of anilines is 1. The van der Waals surface area contributed by atoms with Gasteiger partial charge in [-0.3, -0.25) is 9.78 Å². The minimum atomic E-state index is -0.170. The minimum Gasteiger partial charge on any atom is -0.494 e. The number of likely N-dealkylation sites (tertiary alicyclic amines) is 1. The molecule has 0 unspecified atom stereocenters. The number of fused-ring (bicyclic) bond motifs is 4. The molecule has 1 spiro atoms. The van der Waals surface area contributed by atoms with E-state index in [2.05, 4.69) is 45.3 Å². The Morgan fingerprint density at radius 3 is 2.77 bits per heavy atom. The maximum absolute atomic E-state index is 12.8. The van der Waals surface area contributed by atoms with Crippen LogP contribution in [0.2, 0.25) is 0 Å². The van der Waals surface area contributed by atoms with Gasteiger partial charge in [0.15, 0.2) is 0 Å². The van der Waals surface area contributed by atoms with Crippen molar-refractivity contribution in [2.75, 3.05) is 30.8 Å². The molecule has 31 heavy (non-hydrogen) atoms. The normalized spacial score (nSPS) is 16.4. The van der Waals surface area contributed by atoms with Crippen LogP contribution < -0.4 is 10.1 Å². The predicted octanol–water partition coefficient (Wildman–Crippen LogP) is 4.31. The first-order valence-corrected chi connectivity index (χ1v) is 11.7. The van der Waals surface area contributed by atoms with Gasteiger partial charge >= 0.3 is 0 Å². The van der Waals surface area contributed by atoms with Crippen LogP contribution >= 0.6 is 11.8 Å². The van der Waals surface area contributed by atoms with Crippen LogP contribution in [0.15, 0.2) is 66.0 Å². The Bertz CT molecular complexity index is 1070. The second kappa shape index (κ2) is 8.30. The first-order chi connectivity index (χ1) is 15.2. The summed E-state index contributed by atoms with van der Waals surface area (Å²) in [4.78, 5) is 19.9. The van der Waals surface area contributed by atoms with Crippen LogP contribution in [0.3, 0.4) is 0 Å². The monoisotopic (exact) mass is 434 g/mol. The molecule has 1 saturated heterocycles. The van der Waals surface area contributed by atoms with Crippen molar-refractivity contribution in [2.24, 2.45) is 0 Å². The van der Waals surface area contributed by atoms with Crippen LogP contribution in [0, 0.1) is 0 Å². The van der Waals surface area contributed by atoms with E-state index in [1.165, 1.54) is 5.69 Å². The average molecular weight is 435 g/mol. The van der Waals surface area contributed by atoms with Gasteiger partial charge in [0.25, 0.3) is 0 Å². The van der Waals surface area contributed by atoms with Crippen LogP contribution in [0.4, 0.5) is 5.69 Å². The number of nitrogens with zero attached hydrogens (tertiary/aromatic N) is 3. The SMILES string of the molecule is CCOc1ccc2c(c1)NC1(CCN(C(=O)CSc3ccncc3)CC1)c1cccn1-2. The Kier molecular flexibility index (Phi) is 5.36. The van der Waals surface area contributed by atoms with Gasteiger partial charge in [-0.15, -0.1) is 11.8 Å². The molecule has 2 aliphatic heterocycles. The topological polar surface area (TPSA) is 59.4 Å². The summed E-state index contributed by atoms with van der Waals surface area (Å²) in [5.74, 6) is 1.53. The van der Waals surface area contributed by atoms with Gasteiger partial charge in [-0.1, -0.05) is 0 Å². The molecule has 6 nitrogen and oxygen atoms in total. The van der Waals surface area contributed by atoms with Gasteiger partial charge in [-0.2, -0.15) is 0 Å². The molecule has 1 amide bonds. The number of rotatable bonds is 5. The van der Waals surface area contributed by atoms with E-state index >= 15 is 0 Å². The maximum Gasteiger partial charge on any atom is 0.232 e. The number of aromatic nitrogens is 2. The van der Waals surface area contributed by atoms with Crippen molar-refractivity contribution >= 4 is 23.4 Å². The van der Waals surface area contributed by atoms with Crippen LogP contribution in [-0.4, -0.2) is 45.8 Å². The van der Waals surface area contributed by atoms with E-state index in [-0.39, 0.29) is 11.4 Å². The zero-order valence-electron chi connectivity index (χ0n) is 17.6. The van der Waals surface area contributed by atoms with Gasteiger partial charge in [0, 0.05) is 48.3 Å². The Morgan fingerprint density at radius 2 is 2.00 bits per heavy atom. The molecule has 7 heteroatoms. The van der Waals surface area contributed by atoms with E-state index in [4.69, 9.17) is 4.74 Å². The molecule has 3 aromatic rings. The molecule has 1 fully saturated rings. The van der Waals surface area contributed by atoms with E-state index in [1.54, 1.807) is 24.2 Å². The fourth-order valence-electron chi connectivity index (χ4n) is 4.57. The Hall–Kier alpha value is -2.93. The Morgan fingerprint density at radius 1 is 1.19 bits per heavy atom. The first kappa shape index (κ1) is 20.0.